The first kappa shape index (κ1) is 25.3. The minimum Gasteiger partial charge on any atom is -0.419 e. The number of rotatable bonds is 4. The van der Waals surface area contributed by atoms with E-state index in [1.807, 2.05) is 48.5 Å². The third-order valence-electron chi connectivity index (χ3n) is 7.80. The second kappa shape index (κ2) is 9.16. The van der Waals surface area contributed by atoms with Gasteiger partial charge >= 0.3 is 11.9 Å². The maximum Gasteiger partial charge on any atom is 0.343 e. The van der Waals surface area contributed by atoms with Crippen LogP contribution in [0, 0.1) is 0 Å². The van der Waals surface area contributed by atoms with Crippen LogP contribution in [0.1, 0.15) is 116 Å². The van der Waals surface area contributed by atoms with Gasteiger partial charge in [0.05, 0.1) is 11.1 Å². The van der Waals surface area contributed by atoms with Crippen LogP contribution >= 0.6 is 0 Å². The maximum absolute atomic E-state index is 13.3. The Morgan fingerprint density at radius 2 is 1.05 bits per heavy atom. The highest BCUT2D eigenvalue weighted by Crippen LogP contribution is 2.55. The van der Waals surface area contributed by atoms with Crippen LogP contribution in [0.4, 0.5) is 0 Å². The molecule has 0 radical (unpaired) electrons. The summed E-state index contributed by atoms with van der Waals surface area (Å²) in [5, 5.41) is 0. The predicted octanol–water partition coefficient (Wildman–Crippen LogP) is 8.08. The molecular weight excluding hydrogens is 460 g/mol. The molecule has 0 amide bonds. The van der Waals surface area contributed by atoms with Gasteiger partial charge in [-0.05, 0) is 101 Å². The van der Waals surface area contributed by atoms with Crippen LogP contribution in [-0.4, -0.2) is 11.9 Å². The second-order valence-corrected chi connectivity index (χ2v) is 12.6. The Morgan fingerprint density at radius 1 is 0.649 bits per heavy atom. The molecule has 3 aromatic carbocycles. The van der Waals surface area contributed by atoms with E-state index in [1.165, 1.54) is 11.1 Å². The van der Waals surface area contributed by atoms with Gasteiger partial charge in [-0.15, -0.1) is 0 Å². The standard InChI is InChI=1S/C33H36O4/c1-32(2,3)24-11-7-9-22(16-24)30(34)36-28-18-26-20-13-14-21(15-20)27(26)19-29(28)37-31(35)23-10-8-12-25(17-23)33(4,5)6/h7-12,16-21H,13-15H2,1-6H3. The normalized spacial score (nSPS) is 18.4. The van der Waals surface area contributed by atoms with Crippen molar-refractivity contribution in [2.24, 2.45) is 0 Å². The highest BCUT2D eigenvalue weighted by molar-refractivity contribution is 5.93. The van der Waals surface area contributed by atoms with Crippen LogP contribution in [0.15, 0.2) is 60.7 Å². The molecule has 2 aliphatic carbocycles. The van der Waals surface area contributed by atoms with Crippen molar-refractivity contribution in [2.75, 3.05) is 0 Å². The quantitative estimate of drug-likeness (QED) is 0.271. The van der Waals surface area contributed by atoms with E-state index >= 15 is 0 Å². The molecule has 37 heavy (non-hydrogen) atoms. The van der Waals surface area contributed by atoms with Crippen LogP contribution in [0.3, 0.4) is 0 Å². The van der Waals surface area contributed by atoms with Gasteiger partial charge < -0.3 is 9.47 Å². The van der Waals surface area contributed by atoms with Crippen LogP contribution in [0.5, 0.6) is 11.5 Å². The number of fused-ring (bicyclic) bond motifs is 5. The summed E-state index contributed by atoms with van der Waals surface area (Å²) in [7, 11) is 0. The first-order valence-electron chi connectivity index (χ1n) is 13.2. The zero-order valence-corrected chi connectivity index (χ0v) is 22.7. The Balaban J connectivity index is 1.47. The lowest BCUT2D eigenvalue weighted by Crippen LogP contribution is -2.16. The maximum atomic E-state index is 13.3. The average molecular weight is 497 g/mol. The van der Waals surface area contributed by atoms with Gasteiger partial charge in [-0.25, -0.2) is 9.59 Å². The molecular formula is C33H36O4. The molecule has 0 spiro atoms. The number of carbonyl (C=O) groups is 2. The minimum absolute atomic E-state index is 0.0919. The lowest BCUT2D eigenvalue weighted by molar-refractivity contribution is 0.0682. The molecule has 0 saturated heterocycles. The Kier molecular flexibility index (Phi) is 6.26. The molecule has 5 rings (SSSR count). The molecule has 192 valence electrons. The Labute approximate surface area is 220 Å². The summed E-state index contributed by atoms with van der Waals surface area (Å²) < 4.78 is 11.9. The Bertz CT molecular complexity index is 1270. The van der Waals surface area contributed by atoms with E-state index in [1.54, 1.807) is 12.1 Å². The van der Waals surface area contributed by atoms with Crippen LogP contribution in [-0.2, 0) is 10.8 Å². The number of hydrogen-bond acceptors (Lipinski definition) is 4. The van der Waals surface area contributed by atoms with Crippen LogP contribution in [0.25, 0.3) is 0 Å². The molecule has 4 heteroatoms. The molecule has 2 unspecified atom stereocenters. The molecule has 1 fully saturated rings. The van der Waals surface area contributed by atoms with Crippen molar-refractivity contribution in [2.45, 2.75) is 83.5 Å². The summed E-state index contributed by atoms with van der Waals surface area (Å²) in [6.07, 6.45) is 3.41. The topological polar surface area (TPSA) is 52.6 Å². The zero-order chi connectivity index (χ0) is 26.5. The van der Waals surface area contributed by atoms with Crippen molar-refractivity contribution in [1.82, 2.24) is 0 Å². The number of ether oxygens (including phenoxy) is 2. The number of carbonyl (C=O) groups excluding carboxylic acids is 2. The van der Waals surface area contributed by atoms with Gasteiger partial charge in [0, 0.05) is 0 Å². The number of hydrogen-bond donors (Lipinski definition) is 0. The fraction of sp³-hybridized carbons (Fsp3) is 0.394. The van der Waals surface area contributed by atoms with E-state index in [9.17, 15) is 9.59 Å². The molecule has 4 nitrogen and oxygen atoms in total. The first-order chi connectivity index (χ1) is 17.4. The summed E-state index contributed by atoms with van der Waals surface area (Å²) in [4.78, 5) is 26.5. The molecule has 3 aromatic rings. The van der Waals surface area contributed by atoms with Crippen molar-refractivity contribution >= 4 is 11.9 Å². The Hall–Kier alpha value is -3.40. The van der Waals surface area contributed by atoms with Crippen molar-refractivity contribution < 1.29 is 19.1 Å². The van der Waals surface area contributed by atoms with E-state index in [0.29, 0.717) is 34.5 Å². The van der Waals surface area contributed by atoms with Gasteiger partial charge in [-0.2, -0.15) is 0 Å². The molecule has 0 heterocycles. The van der Waals surface area contributed by atoms with Gasteiger partial charge in [0.15, 0.2) is 11.5 Å². The highest BCUT2D eigenvalue weighted by Gasteiger charge is 2.38. The molecule has 0 N–H and O–H groups in total. The van der Waals surface area contributed by atoms with Gasteiger partial charge in [-0.1, -0.05) is 65.8 Å². The zero-order valence-electron chi connectivity index (χ0n) is 22.7. The molecule has 2 atom stereocenters. The van der Waals surface area contributed by atoms with E-state index in [-0.39, 0.29) is 10.8 Å². The summed E-state index contributed by atoms with van der Waals surface area (Å²) in [6, 6.07) is 18.9. The molecule has 0 aromatic heterocycles. The molecule has 2 bridgehead atoms. The first-order valence-corrected chi connectivity index (χ1v) is 13.2. The predicted molar refractivity (Wildman–Crippen MR) is 146 cm³/mol. The van der Waals surface area contributed by atoms with E-state index < -0.39 is 11.9 Å². The van der Waals surface area contributed by atoms with E-state index in [2.05, 4.69) is 41.5 Å². The SMILES string of the molecule is CC(C)(C)c1cccc(C(=O)Oc2cc3c(cc2OC(=O)c2cccc(C(C)(C)C)c2)C2CCC3C2)c1. The number of esters is 2. The van der Waals surface area contributed by atoms with Crippen LogP contribution < -0.4 is 9.47 Å². The van der Waals surface area contributed by atoms with Gasteiger partial charge in [0.2, 0.25) is 0 Å². The van der Waals surface area contributed by atoms with Crippen molar-refractivity contribution in [1.29, 1.82) is 0 Å². The molecule has 0 aliphatic heterocycles. The lowest BCUT2D eigenvalue weighted by Gasteiger charge is -2.21. The van der Waals surface area contributed by atoms with Crippen LogP contribution in [0.2, 0.25) is 0 Å². The summed E-state index contributed by atoms with van der Waals surface area (Å²) in [5.41, 5.74) is 5.32. The molecule has 2 aliphatic rings. The third kappa shape index (κ3) is 5.07. The number of benzene rings is 3. The van der Waals surface area contributed by atoms with E-state index in [4.69, 9.17) is 9.47 Å². The van der Waals surface area contributed by atoms with Gasteiger partial charge in [0.25, 0.3) is 0 Å². The summed E-state index contributed by atoms with van der Waals surface area (Å²) in [6.45, 7) is 12.7. The smallest absolute Gasteiger partial charge is 0.343 e. The van der Waals surface area contributed by atoms with Gasteiger partial charge in [-0.3, -0.25) is 0 Å². The fourth-order valence-electron chi connectivity index (χ4n) is 5.55. The Morgan fingerprint density at radius 3 is 1.43 bits per heavy atom. The lowest BCUT2D eigenvalue weighted by atomic mass is 9.86. The fourth-order valence-corrected chi connectivity index (χ4v) is 5.55. The molecule has 1 saturated carbocycles. The summed E-state index contributed by atoms with van der Waals surface area (Å²) >= 11 is 0. The second-order valence-electron chi connectivity index (χ2n) is 12.6. The van der Waals surface area contributed by atoms with E-state index in [0.717, 1.165) is 30.4 Å². The third-order valence-corrected chi connectivity index (χ3v) is 7.80. The largest absolute Gasteiger partial charge is 0.419 e. The highest BCUT2D eigenvalue weighted by atomic mass is 16.6. The van der Waals surface area contributed by atoms with Crippen molar-refractivity contribution in [3.8, 4) is 11.5 Å². The van der Waals surface area contributed by atoms with Crippen molar-refractivity contribution in [3.05, 3.63) is 94.0 Å². The van der Waals surface area contributed by atoms with Gasteiger partial charge in [0.1, 0.15) is 0 Å². The van der Waals surface area contributed by atoms with Crippen molar-refractivity contribution in [3.63, 3.8) is 0 Å². The average Bonchev–Trinajstić information content (AvgIpc) is 3.46. The monoisotopic (exact) mass is 496 g/mol. The summed E-state index contributed by atoms with van der Waals surface area (Å²) in [5.74, 6) is 0.655. The minimum atomic E-state index is -0.457.